The first-order chi connectivity index (χ1) is 18.8. The molecule has 0 atom stereocenters. The fourth-order valence-corrected chi connectivity index (χ4v) is 3.30. The molecule has 40 heavy (non-hydrogen) atoms. The first-order valence-electron chi connectivity index (χ1n) is 11.8. The summed E-state index contributed by atoms with van der Waals surface area (Å²) in [5.74, 6) is -6.34. The van der Waals surface area contributed by atoms with Gasteiger partial charge in [0.25, 0.3) is 0 Å². The molecule has 0 radical (unpaired) electrons. The predicted molar refractivity (Wildman–Crippen MR) is 145 cm³/mol. The van der Waals surface area contributed by atoms with Gasteiger partial charge >= 0.3 is 17.9 Å². The summed E-state index contributed by atoms with van der Waals surface area (Å²) >= 11 is 0. The summed E-state index contributed by atoms with van der Waals surface area (Å²) in [6.45, 7) is 14.6. The molecular weight excluding hydrogens is 522 g/mol. The van der Waals surface area contributed by atoms with Crippen LogP contribution in [0.25, 0.3) is 22.3 Å². The first kappa shape index (κ1) is 29.5. The van der Waals surface area contributed by atoms with E-state index in [1.807, 2.05) is 0 Å². The van der Waals surface area contributed by atoms with Crippen molar-refractivity contribution < 1.29 is 42.1 Å². The molecule has 0 saturated carbocycles. The van der Waals surface area contributed by atoms with Crippen molar-refractivity contribution in [1.82, 2.24) is 0 Å². The third-order valence-electron chi connectivity index (χ3n) is 5.47. The van der Waals surface area contributed by atoms with Gasteiger partial charge in [0.1, 0.15) is 0 Å². The number of carbonyl (C=O) groups is 3. The summed E-state index contributed by atoms with van der Waals surface area (Å²) in [6, 6.07) is 12.3. The highest BCUT2D eigenvalue weighted by molar-refractivity contribution is 5.92. The van der Waals surface area contributed by atoms with Crippen LogP contribution in [0, 0.1) is 11.6 Å². The van der Waals surface area contributed by atoms with Gasteiger partial charge in [-0.3, -0.25) is 0 Å². The van der Waals surface area contributed by atoms with Crippen LogP contribution in [0.5, 0.6) is 23.0 Å². The summed E-state index contributed by atoms with van der Waals surface area (Å²) in [7, 11) is 1.43. The van der Waals surface area contributed by atoms with Gasteiger partial charge in [-0.2, -0.15) is 4.39 Å². The smallest absolute Gasteiger partial charge is 0.338 e. The third kappa shape index (κ3) is 6.50. The molecule has 0 fully saturated rings. The molecular formula is C31H26F2O7. The summed E-state index contributed by atoms with van der Waals surface area (Å²) in [5, 5.41) is 0. The van der Waals surface area contributed by atoms with E-state index in [1.54, 1.807) is 30.3 Å². The van der Waals surface area contributed by atoms with Crippen LogP contribution in [0.4, 0.5) is 8.78 Å². The Morgan fingerprint density at radius 2 is 1.07 bits per heavy atom. The summed E-state index contributed by atoms with van der Waals surface area (Å²) in [6.07, 6.45) is 0. The molecule has 0 bridgehead atoms. The van der Waals surface area contributed by atoms with Crippen LogP contribution in [0.3, 0.4) is 0 Å². The highest BCUT2D eigenvalue weighted by Gasteiger charge is 2.26. The molecule has 0 spiro atoms. The van der Waals surface area contributed by atoms with Gasteiger partial charge in [0.05, 0.1) is 7.11 Å². The molecule has 0 N–H and O–H groups in total. The Balaban J connectivity index is 2.05. The fraction of sp³-hybridized carbons (Fsp3) is 0.129. The monoisotopic (exact) mass is 548 g/mol. The van der Waals surface area contributed by atoms with E-state index in [0.29, 0.717) is 16.9 Å². The Morgan fingerprint density at radius 1 is 0.600 bits per heavy atom. The quantitative estimate of drug-likeness (QED) is 0.166. The molecule has 0 aromatic heterocycles. The second-order valence-corrected chi connectivity index (χ2v) is 8.83. The zero-order valence-electron chi connectivity index (χ0n) is 22.4. The number of esters is 3. The highest BCUT2D eigenvalue weighted by Crippen LogP contribution is 2.40. The maximum Gasteiger partial charge on any atom is 0.338 e. The zero-order valence-corrected chi connectivity index (χ0v) is 22.4. The number of benzene rings is 3. The van der Waals surface area contributed by atoms with Crippen LogP contribution >= 0.6 is 0 Å². The number of halogens is 2. The first-order valence-corrected chi connectivity index (χ1v) is 11.8. The Labute approximate surface area is 229 Å². The number of hydrogen-bond acceptors (Lipinski definition) is 7. The van der Waals surface area contributed by atoms with Crippen molar-refractivity contribution in [3.63, 3.8) is 0 Å². The molecule has 206 valence electrons. The number of rotatable bonds is 9. The van der Waals surface area contributed by atoms with Crippen LogP contribution in [-0.2, 0) is 14.4 Å². The third-order valence-corrected chi connectivity index (χ3v) is 5.47. The average Bonchev–Trinajstić information content (AvgIpc) is 2.92. The lowest BCUT2D eigenvalue weighted by Gasteiger charge is -2.15. The van der Waals surface area contributed by atoms with Crippen molar-refractivity contribution in [2.75, 3.05) is 7.11 Å². The van der Waals surface area contributed by atoms with Gasteiger partial charge in [-0.25, -0.2) is 18.8 Å². The van der Waals surface area contributed by atoms with Gasteiger partial charge in [-0.15, -0.1) is 0 Å². The van der Waals surface area contributed by atoms with Crippen LogP contribution in [0.15, 0.2) is 85.0 Å². The van der Waals surface area contributed by atoms with E-state index in [1.165, 1.54) is 40.0 Å². The van der Waals surface area contributed by atoms with Crippen molar-refractivity contribution in [2.45, 2.75) is 20.8 Å². The minimum absolute atomic E-state index is 0.0133. The van der Waals surface area contributed by atoms with E-state index in [4.69, 9.17) is 18.9 Å². The Bertz CT molecular complexity index is 1550. The molecule has 0 saturated heterocycles. The number of carbonyl (C=O) groups excluding carboxylic acids is 3. The lowest BCUT2D eigenvalue weighted by Crippen LogP contribution is -2.14. The number of ether oxygens (including phenoxy) is 4. The van der Waals surface area contributed by atoms with Crippen LogP contribution in [0.2, 0.25) is 0 Å². The molecule has 3 rings (SSSR count). The Morgan fingerprint density at radius 3 is 1.60 bits per heavy atom. The second-order valence-electron chi connectivity index (χ2n) is 8.83. The lowest BCUT2D eigenvalue weighted by atomic mass is 9.99. The highest BCUT2D eigenvalue weighted by atomic mass is 19.2. The average molecular weight is 549 g/mol. The molecule has 7 nitrogen and oxygen atoms in total. The molecule has 0 unspecified atom stereocenters. The van der Waals surface area contributed by atoms with Crippen molar-refractivity contribution in [2.24, 2.45) is 0 Å². The second kappa shape index (κ2) is 12.2. The van der Waals surface area contributed by atoms with Gasteiger partial charge in [0, 0.05) is 22.3 Å². The van der Waals surface area contributed by atoms with E-state index in [0.717, 1.165) is 6.07 Å². The van der Waals surface area contributed by atoms with Crippen molar-refractivity contribution in [1.29, 1.82) is 0 Å². The maximum absolute atomic E-state index is 15.2. The largest absolute Gasteiger partial charge is 0.493 e. The SMILES string of the molecule is C=C(C)C(=O)Oc1cc(-c2ccc(-c3cc(OC(=O)C(=C)C)c(OC(=O)C(=C)C)c(F)c3F)cc2)ccc1OC. The maximum atomic E-state index is 15.2. The van der Waals surface area contributed by atoms with Crippen LogP contribution < -0.4 is 18.9 Å². The molecule has 0 heterocycles. The summed E-state index contributed by atoms with van der Waals surface area (Å²) in [4.78, 5) is 36.2. The molecule has 0 aliphatic rings. The summed E-state index contributed by atoms with van der Waals surface area (Å²) in [5.41, 5.74) is 1.39. The normalized spacial score (nSPS) is 10.3. The number of methoxy groups -OCH3 is 1. The van der Waals surface area contributed by atoms with Gasteiger partial charge in [-0.05, 0) is 55.7 Å². The molecule has 0 aliphatic heterocycles. The van der Waals surface area contributed by atoms with Crippen molar-refractivity contribution in [3.8, 4) is 45.3 Å². The van der Waals surface area contributed by atoms with Crippen LogP contribution in [0.1, 0.15) is 20.8 Å². The van der Waals surface area contributed by atoms with Gasteiger partial charge < -0.3 is 18.9 Å². The molecule has 0 amide bonds. The molecule has 9 heteroatoms. The standard InChI is InChI=1S/C31H26F2O7/c1-16(2)29(34)38-24-14-21(12-13-23(24)37-7)19-8-10-20(11-9-19)22-15-25(39-30(35)17(3)4)28(27(33)26(22)32)40-31(36)18(5)6/h8-15H,1,3,5H2,2,4,6-7H3. The van der Waals surface area contributed by atoms with Crippen LogP contribution in [-0.4, -0.2) is 25.0 Å². The molecule has 3 aromatic rings. The Kier molecular flexibility index (Phi) is 9.00. The van der Waals surface area contributed by atoms with Crippen molar-refractivity contribution in [3.05, 3.63) is 96.6 Å². The van der Waals surface area contributed by atoms with E-state index in [-0.39, 0.29) is 33.6 Å². The lowest BCUT2D eigenvalue weighted by molar-refractivity contribution is -0.132. The topological polar surface area (TPSA) is 88.1 Å². The van der Waals surface area contributed by atoms with E-state index in [9.17, 15) is 14.4 Å². The minimum Gasteiger partial charge on any atom is -0.493 e. The van der Waals surface area contributed by atoms with E-state index in [2.05, 4.69) is 19.7 Å². The van der Waals surface area contributed by atoms with E-state index >= 15 is 8.78 Å². The summed E-state index contributed by atoms with van der Waals surface area (Å²) < 4.78 is 51.0. The predicted octanol–water partition coefficient (Wildman–Crippen LogP) is 6.75. The zero-order chi connectivity index (χ0) is 29.7. The van der Waals surface area contributed by atoms with Gasteiger partial charge in [-0.1, -0.05) is 50.1 Å². The van der Waals surface area contributed by atoms with Crippen molar-refractivity contribution >= 4 is 17.9 Å². The van der Waals surface area contributed by atoms with Gasteiger partial charge in [0.15, 0.2) is 23.1 Å². The van der Waals surface area contributed by atoms with E-state index < -0.39 is 41.0 Å². The Hall–Kier alpha value is -5.05. The minimum atomic E-state index is -1.53. The van der Waals surface area contributed by atoms with Gasteiger partial charge in [0.2, 0.25) is 11.6 Å². The number of hydrogen-bond donors (Lipinski definition) is 0. The molecule has 3 aromatic carbocycles. The molecule has 0 aliphatic carbocycles. The fourth-order valence-electron chi connectivity index (χ4n) is 3.30.